The molecule has 0 bridgehead atoms. The fraction of sp³-hybridized carbons (Fsp3) is 0.227. The summed E-state index contributed by atoms with van der Waals surface area (Å²) in [4.78, 5) is 35.7. The quantitative estimate of drug-likeness (QED) is 0.524. The van der Waals surface area contributed by atoms with Gasteiger partial charge >= 0.3 is 11.9 Å². The third-order valence-electron chi connectivity index (χ3n) is 4.11. The maximum atomic E-state index is 12.1. The highest BCUT2D eigenvalue weighted by atomic mass is 16.5. The average Bonchev–Trinajstić information content (AvgIpc) is 2.76. The van der Waals surface area contributed by atoms with Crippen LogP contribution in [0.1, 0.15) is 21.5 Å². The minimum Gasteiger partial charge on any atom is -0.493 e. The summed E-state index contributed by atoms with van der Waals surface area (Å²) in [5, 5.41) is 2.61. The van der Waals surface area contributed by atoms with Gasteiger partial charge < -0.3 is 24.3 Å². The number of hydrogen-bond donors (Lipinski definition) is 1. The van der Waals surface area contributed by atoms with Crippen LogP contribution in [0.3, 0.4) is 0 Å². The van der Waals surface area contributed by atoms with Gasteiger partial charge in [0.05, 0.1) is 26.9 Å². The number of para-hydroxylation sites is 1. The van der Waals surface area contributed by atoms with Gasteiger partial charge in [0, 0.05) is 17.3 Å². The van der Waals surface area contributed by atoms with E-state index in [2.05, 4.69) is 10.1 Å². The molecule has 0 aliphatic rings. The fourth-order valence-corrected chi connectivity index (χ4v) is 2.57. The van der Waals surface area contributed by atoms with Gasteiger partial charge in [0.1, 0.15) is 0 Å². The van der Waals surface area contributed by atoms with Crippen molar-refractivity contribution in [3.63, 3.8) is 0 Å². The smallest absolute Gasteiger partial charge is 0.337 e. The highest BCUT2D eigenvalue weighted by Gasteiger charge is 2.12. The van der Waals surface area contributed by atoms with Crippen molar-refractivity contribution in [3.05, 3.63) is 59.2 Å². The Balaban J connectivity index is 1.96. The highest BCUT2D eigenvalue weighted by Crippen LogP contribution is 2.31. The Kier molecular flexibility index (Phi) is 7.99. The van der Waals surface area contributed by atoms with Gasteiger partial charge in [-0.3, -0.25) is 4.79 Å². The molecule has 0 unspecified atom stereocenters. The second kappa shape index (κ2) is 10.7. The van der Waals surface area contributed by atoms with Gasteiger partial charge in [-0.1, -0.05) is 18.2 Å². The van der Waals surface area contributed by atoms with Crippen LogP contribution < -0.4 is 14.8 Å². The standard InChI is InChI=1S/C22H23NO7/c1-14-8-9-16(22(26)29-4)12-17(14)23-19(24)13-30-20(25)11-10-15-6-5-7-18(27-2)21(15)28-3/h5-12H,13H2,1-4H3,(H,23,24)/b11-10+. The van der Waals surface area contributed by atoms with E-state index < -0.39 is 24.5 Å². The summed E-state index contributed by atoms with van der Waals surface area (Å²) in [7, 11) is 4.28. The minimum absolute atomic E-state index is 0.297. The zero-order valence-electron chi connectivity index (χ0n) is 17.2. The molecule has 0 spiro atoms. The molecular formula is C22H23NO7. The molecular weight excluding hydrogens is 390 g/mol. The summed E-state index contributed by atoms with van der Waals surface area (Å²) in [6.07, 6.45) is 2.69. The third-order valence-corrected chi connectivity index (χ3v) is 4.11. The monoisotopic (exact) mass is 413 g/mol. The molecule has 158 valence electrons. The molecule has 8 heteroatoms. The average molecular weight is 413 g/mol. The molecule has 1 amide bonds. The number of ether oxygens (including phenoxy) is 4. The molecule has 0 aliphatic heterocycles. The highest BCUT2D eigenvalue weighted by molar-refractivity contribution is 5.97. The van der Waals surface area contributed by atoms with E-state index in [-0.39, 0.29) is 0 Å². The van der Waals surface area contributed by atoms with Gasteiger partial charge in [-0.2, -0.15) is 0 Å². The summed E-state index contributed by atoms with van der Waals surface area (Å²) in [6, 6.07) is 10.00. The predicted molar refractivity (Wildman–Crippen MR) is 111 cm³/mol. The second-order valence-electron chi connectivity index (χ2n) is 6.09. The van der Waals surface area contributed by atoms with Crippen LogP contribution in [0.15, 0.2) is 42.5 Å². The number of carbonyl (C=O) groups excluding carboxylic acids is 3. The number of esters is 2. The minimum atomic E-state index is -0.699. The van der Waals surface area contributed by atoms with Gasteiger partial charge in [0.25, 0.3) is 5.91 Å². The molecule has 0 aliphatic carbocycles. The lowest BCUT2D eigenvalue weighted by atomic mass is 10.1. The number of anilines is 1. The van der Waals surface area contributed by atoms with Crippen molar-refractivity contribution < 1.29 is 33.3 Å². The lowest BCUT2D eigenvalue weighted by molar-refractivity contribution is -0.142. The molecule has 2 rings (SSSR count). The van der Waals surface area contributed by atoms with E-state index in [9.17, 15) is 14.4 Å². The number of nitrogens with one attached hydrogen (secondary N) is 1. The van der Waals surface area contributed by atoms with Gasteiger partial charge in [-0.15, -0.1) is 0 Å². The first kappa shape index (κ1) is 22.5. The van der Waals surface area contributed by atoms with Crippen molar-refractivity contribution in [3.8, 4) is 11.5 Å². The third kappa shape index (κ3) is 5.84. The van der Waals surface area contributed by atoms with Gasteiger partial charge in [0.15, 0.2) is 18.1 Å². The Bertz CT molecular complexity index is 966. The fourth-order valence-electron chi connectivity index (χ4n) is 2.57. The van der Waals surface area contributed by atoms with E-state index in [1.165, 1.54) is 39.5 Å². The molecule has 8 nitrogen and oxygen atoms in total. The topological polar surface area (TPSA) is 100 Å². The van der Waals surface area contributed by atoms with Crippen molar-refractivity contribution in [2.75, 3.05) is 33.3 Å². The van der Waals surface area contributed by atoms with E-state index in [1.54, 1.807) is 37.3 Å². The van der Waals surface area contributed by atoms with Crippen molar-refractivity contribution in [1.82, 2.24) is 0 Å². The van der Waals surface area contributed by atoms with E-state index in [1.807, 2.05) is 0 Å². The van der Waals surface area contributed by atoms with E-state index in [4.69, 9.17) is 14.2 Å². The molecule has 0 fully saturated rings. The Hall–Kier alpha value is -3.81. The van der Waals surface area contributed by atoms with Crippen molar-refractivity contribution in [2.24, 2.45) is 0 Å². The van der Waals surface area contributed by atoms with Crippen LogP contribution in [0.2, 0.25) is 0 Å². The maximum Gasteiger partial charge on any atom is 0.337 e. The maximum absolute atomic E-state index is 12.1. The predicted octanol–water partition coefficient (Wildman–Crippen LogP) is 2.99. The zero-order valence-corrected chi connectivity index (χ0v) is 17.2. The Labute approximate surface area is 174 Å². The zero-order chi connectivity index (χ0) is 22.1. The summed E-state index contributed by atoms with van der Waals surface area (Å²) < 4.78 is 20.1. The second-order valence-corrected chi connectivity index (χ2v) is 6.09. The SMILES string of the molecule is COC(=O)c1ccc(C)c(NC(=O)COC(=O)/C=C/c2cccc(OC)c2OC)c1. The molecule has 0 saturated heterocycles. The Morgan fingerprint density at radius 1 is 1.03 bits per heavy atom. The summed E-state index contributed by atoms with van der Waals surface area (Å²) in [5.41, 5.74) is 2.09. The molecule has 0 atom stereocenters. The first-order valence-corrected chi connectivity index (χ1v) is 8.94. The first-order chi connectivity index (χ1) is 14.4. The van der Waals surface area contributed by atoms with Gasteiger partial charge in [-0.25, -0.2) is 9.59 Å². The van der Waals surface area contributed by atoms with Gasteiger partial charge in [0.2, 0.25) is 0 Å². The van der Waals surface area contributed by atoms with Crippen LogP contribution in [0.4, 0.5) is 5.69 Å². The largest absolute Gasteiger partial charge is 0.493 e. The Morgan fingerprint density at radius 3 is 2.47 bits per heavy atom. The molecule has 1 N–H and O–H groups in total. The van der Waals surface area contributed by atoms with Crippen LogP contribution in [-0.2, 0) is 19.1 Å². The van der Waals surface area contributed by atoms with Crippen LogP contribution in [0.5, 0.6) is 11.5 Å². The summed E-state index contributed by atoms with van der Waals surface area (Å²) in [6.45, 7) is 1.28. The first-order valence-electron chi connectivity index (χ1n) is 8.94. The normalized spacial score (nSPS) is 10.4. The molecule has 0 aromatic heterocycles. The van der Waals surface area contributed by atoms with Crippen molar-refractivity contribution >= 4 is 29.6 Å². The molecule has 0 radical (unpaired) electrons. The summed E-state index contributed by atoms with van der Waals surface area (Å²) in [5.74, 6) is -0.759. The lowest BCUT2D eigenvalue weighted by Gasteiger charge is -2.10. The number of amides is 1. The van der Waals surface area contributed by atoms with Crippen molar-refractivity contribution in [1.29, 1.82) is 0 Å². The molecule has 2 aromatic carbocycles. The summed E-state index contributed by atoms with van der Waals surface area (Å²) >= 11 is 0. The van der Waals surface area contributed by atoms with Crippen LogP contribution in [0, 0.1) is 6.92 Å². The van der Waals surface area contributed by atoms with Crippen LogP contribution in [-0.4, -0.2) is 45.8 Å². The number of rotatable bonds is 8. The van der Waals surface area contributed by atoms with E-state index >= 15 is 0 Å². The lowest BCUT2D eigenvalue weighted by Crippen LogP contribution is -2.21. The molecule has 0 heterocycles. The number of carbonyl (C=O) groups is 3. The van der Waals surface area contributed by atoms with Crippen molar-refractivity contribution in [2.45, 2.75) is 6.92 Å². The van der Waals surface area contributed by atoms with E-state index in [0.29, 0.717) is 28.3 Å². The number of aryl methyl sites for hydroxylation is 1. The number of hydrogen-bond acceptors (Lipinski definition) is 7. The van der Waals surface area contributed by atoms with E-state index in [0.717, 1.165) is 5.56 Å². The molecule has 30 heavy (non-hydrogen) atoms. The molecule has 0 saturated carbocycles. The number of benzene rings is 2. The van der Waals surface area contributed by atoms with Gasteiger partial charge in [-0.05, 0) is 36.8 Å². The number of methoxy groups -OCH3 is 3. The van der Waals surface area contributed by atoms with Crippen LogP contribution >= 0.6 is 0 Å². The van der Waals surface area contributed by atoms with Crippen LogP contribution in [0.25, 0.3) is 6.08 Å². The molecule has 2 aromatic rings. The Morgan fingerprint density at radius 2 is 1.80 bits per heavy atom.